The van der Waals surface area contributed by atoms with Crippen molar-refractivity contribution in [2.45, 2.75) is 31.1 Å². The van der Waals surface area contributed by atoms with E-state index in [1.807, 2.05) is 0 Å². The van der Waals surface area contributed by atoms with Crippen molar-refractivity contribution in [1.29, 1.82) is 0 Å². The Labute approximate surface area is 187 Å². The first-order valence-corrected chi connectivity index (χ1v) is 11.8. The van der Waals surface area contributed by atoms with Gasteiger partial charge in [-0.2, -0.15) is 4.31 Å². The molecule has 0 aliphatic carbocycles. The van der Waals surface area contributed by atoms with E-state index >= 15 is 0 Å². The number of ketones is 1. The highest BCUT2D eigenvalue weighted by atomic mass is 35.5. The molecule has 0 radical (unpaired) electrons. The second-order valence-corrected chi connectivity index (χ2v) is 9.46. The van der Waals surface area contributed by atoms with Crippen LogP contribution in [-0.2, 0) is 14.8 Å². The fourth-order valence-corrected chi connectivity index (χ4v) is 5.34. The Hall–Kier alpha value is -2.42. The lowest BCUT2D eigenvalue weighted by Gasteiger charge is -2.26. The van der Waals surface area contributed by atoms with Crippen LogP contribution in [0.4, 0.5) is 0 Å². The standard InChI is InChI=1S/C22H24ClNO6S/c1-16(25)18-7-3-4-8-20(18)29-13-14-30-22(26)17-9-10-19(23)21(15-17)31(27,28)24-11-5-2-6-12-24/h3-4,7-10,15H,2,5-6,11-14H2,1H3. The third-order valence-electron chi connectivity index (χ3n) is 4.94. The second kappa shape index (κ2) is 10.3. The number of halogens is 1. The summed E-state index contributed by atoms with van der Waals surface area (Å²) in [5.41, 5.74) is 0.531. The molecule has 0 atom stereocenters. The Bertz CT molecular complexity index is 1060. The number of Topliss-reactive ketones (excluding diaryl/α,β-unsaturated/α-hetero) is 1. The molecule has 9 heteroatoms. The summed E-state index contributed by atoms with van der Waals surface area (Å²) in [4.78, 5) is 23.9. The first-order valence-electron chi connectivity index (χ1n) is 10.0. The van der Waals surface area contributed by atoms with Crippen molar-refractivity contribution in [1.82, 2.24) is 4.31 Å². The van der Waals surface area contributed by atoms with Crippen molar-refractivity contribution in [2.24, 2.45) is 0 Å². The first kappa shape index (κ1) is 23.2. The van der Waals surface area contributed by atoms with E-state index in [1.165, 1.54) is 29.4 Å². The molecule has 166 valence electrons. The van der Waals surface area contributed by atoms with Crippen LogP contribution in [0.25, 0.3) is 0 Å². The fourth-order valence-electron chi connectivity index (χ4n) is 3.33. The number of nitrogens with zero attached hydrogens (tertiary/aromatic N) is 1. The van der Waals surface area contributed by atoms with Crippen molar-refractivity contribution < 1.29 is 27.5 Å². The number of hydrogen-bond acceptors (Lipinski definition) is 6. The molecule has 2 aromatic carbocycles. The van der Waals surface area contributed by atoms with Crippen LogP contribution in [0.2, 0.25) is 5.02 Å². The predicted octanol–water partition coefficient (Wildman–Crippen LogP) is 3.95. The van der Waals surface area contributed by atoms with Crippen molar-refractivity contribution in [2.75, 3.05) is 26.3 Å². The van der Waals surface area contributed by atoms with Crippen molar-refractivity contribution in [3.05, 3.63) is 58.6 Å². The van der Waals surface area contributed by atoms with Gasteiger partial charge in [0.25, 0.3) is 0 Å². The van der Waals surface area contributed by atoms with Crippen LogP contribution >= 0.6 is 11.6 Å². The Kier molecular flexibility index (Phi) is 7.69. The normalized spacial score (nSPS) is 14.8. The SMILES string of the molecule is CC(=O)c1ccccc1OCCOC(=O)c1ccc(Cl)c(S(=O)(=O)N2CCCCC2)c1. The number of hydrogen-bond donors (Lipinski definition) is 0. The summed E-state index contributed by atoms with van der Waals surface area (Å²) in [6, 6.07) is 10.9. The van der Waals surface area contributed by atoms with Gasteiger partial charge >= 0.3 is 5.97 Å². The van der Waals surface area contributed by atoms with Gasteiger partial charge in [-0.05, 0) is 50.1 Å². The van der Waals surface area contributed by atoms with Gasteiger partial charge in [0.2, 0.25) is 10.0 Å². The minimum atomic E-state index is -3.79. The molecule has 2 aromatic rings. The van der Waals surface area contributed by atoms with Gasteiger partial charge < -0.3 is 9.47 Å². The van der Waals surface area contributed by atoms with Gasteiger partial charge in [0.1, 0.15) is 23.9 Å². The second-order valence-electron chi connectivity index (χ2n) is 7.15. The number of ether oxygens (including phenoxy) is 2. The summed E-state index contributed by atoms with van der Waals surface area (Å²) in [5.74, 6) is -0.404. The maximum atomic E-state index is 12.9. The summed E-state index contributed by atoms with van der Waals surface area (Å²) in [6.07, 6.45) is 2.59. The minimum Gasteiger partial charge on any atom is -0.489 e. The average molecular weight is 466 g/mol. The number of rotatable bonds is 8. The van der Waals surface area contributed by atoms with Gasteiger partial charge in [-0.25, -0.2) is 13.2 Å². The summed E-state index contributed by atoms with van der Waals surface area (Å²) in [7, 11) is -3.79. The van der Waals surface area contributed by atoms with Gasteiger partial charge in [0.15, 0.2) is 5.78 Å². The first-order chi connectivity index (χ1) is 14.8. The Balaban J connectivity index is 1.64. The molecule has 7 nitrogen and oxygen atoms in total. The smallest absolute Gasteiger partial charge is 0.338 e. The quantitative estimate of drug-likeness (QED) is 0.333. The van der Waals surface area contributed by atoms with Crippen molar-refractivity contribution >= 4 is 33.4 Å². The van der Waals surface area contributed by atoms with Crippen molar-refractivity contribution in [3.8, 4) is 5.75 Å². The molecule has 1 heterocycles. The summed E-state index contributed by atoms with van der Waals surface area (Å²) in [5, 5.41) is 0.0614. The number of para-hydroxylation sites is 1. The molecular formula is C22H24ClNO6S. The predicted molar refractivity (Wildman–Crippen MR) is 116 cm³/mol. The zero-order chi connectivity index (χ0) is 22.4. The van der Waals surface area contributed by atoms with Gasteiger partial charge in [-0.15, -0.1) is 0 Å². The van der Waals surface area contributed by atoms with E-state index in [2.05, 4.69) is 0 Å². The lowest BCUT2D eigenvalue weighted by molar-refractivity contribution is 0.0449. The van der Waals surface area contributed by atoms with Gasteiger partial charge in [-0.1, -0.05) is 30.2 Å². The van der Waals surface area contributed by atoms with Crippen LogP contribution in [0.1, 0.15) is 46.9 Å². The van der Waals surface area contributed by atoms with Gasteiger partial charge in [0, 0.05) is 13.1 Å². The monoisotopic (exact) mass is 465 g/mol. The average Bonchev–Trinajstić information content (AvgIpc) is 2.77. The van der Waals surface area contributed by atoms with Gasteiger partial charge in [0.05, 0.1) is 16.1 Å². The Morgan fingerprint density at radius 1 is 1.03 bits per heavy atom. The number of benzene rings is 2. The maximum Gasteiger partial charge on any atom is 0.338 e. The third-order valence-corrected chi connectivity index (χ3v) is 7.32. The van der Waals surface area contributed by atoms with Crippen molar-refractivity contribution in [3.63, 3.8) is 0 Å². The molecule has 31 heavy (non-hydrogen) atoms. The molecule has 1 saturated heterocycles. The fraction of sp³-hybridized carbons (Fsp3) is 0.364. The van der Waals surface area contributed by atoms with E-state index in [4.69, 9.17) is 21.1 Å². The van der Waals surface area contributed by atoms with Crippen LogP contribution < -0.4 is 4.74 Å². The number of esters is 1. The maximum absolute atomic E-state index is 12.9. The topological polar surface area (TPSA) is 90.0 Å². The minimum absolute atomic E-state index is 0.0442. The molecule has 0 spiro atoms. The molecular weight excluding hydrogens is 442 g/mol. The summed E-state index contributed by atoms with van der Waals surface area (Å²) >= 11 is 6.13. The van der Waals surface area contributed by atoms with E-state index in [-0.39, 0.29) is 34.5 Å². The third kappa shape index (κ3) is 5.64. The molecule has 1 fully saturated rings. The van der Waals surface area contributed by atoms with E-state index < -0.39 is 16.0 Å². The molecule has 0 N–H and O–H groups in total. The number of carbonyl (C=O) groups excluding carboxylic acids is 2. The zero-order valence-electron chi connectivity index (χ0n) is 17.2. The van der Waals surface area contributed by atoms with Crippen LogP contribution in [0.3, 0.4) is 0 Å². The lowest BCUT2D eigenvalue weighted by atomic mass is 10.1. The summed E-state index contributed by atoms with van der Waals surface area (Å²) < 4.78 is 38.0. The van der Waals surface area contributed by atoms with E-state index in [0.717, 1.165) is 19.3 Å². The van der Waals surface area contributed by atoms with E-state index in [9.17, 15) is 18.0 Å². The number of piperidine rings is 1. The van der Waals surface area contributed by atoms with E-state index in [0.29, 0.717) is 24.4 Å². The molecule has 0 bridgehead atoms. The molecule has 3 rings (SSSR count). The summed E-state index contributed by atoms with van der Waals surface area (Å²) in [6.45, 7) is 2.29. The molecule has 0 saturated carbocycles. The van der Waals surface area contributed by atoms with E-state index in [1.54, 1.807) is 24.3 Å². The molecule has 1 aliphatic heterocycles. The number of carbonyl (C=O) groups is 2. The highest BCUT2D eigenvalue weighted by Crippen LogP contribution is 2.28. The van der Waals surface area contributed by atoms with Crippen LogP contribution in [0, 0.1) is 0 Å². The Morgan fingerprint density at radius 2 is 1.74 bits per heavy atom. The number of sulfonamides is 1. The largest absolute Gasteiger partial charge is 0.489 e. The molecule has 0 aromatic heterocycles. The van der Waals surface area contributed by atoms with Crippen LogP contribution in [0.15, 0.2) is 47.4 Å². The zero-order valence-corrected chi connectivity index (χ0v) is 18.7. The Morgan fingerprint density at radius 3 is 2.45 bits per heavy atom. The highest BCUT2D eigenvalue weighted by molar-refractivity contribution is 7.89. The van der Waals surface area contributed by atoms with Crippen LogP contribution in [-0.4, -0.2) is 50.8 Å². The van der Waals surface area contributed by atoms with Gasteiger partial charge in [-0.3, -0.25) is 4.79 Å². The molecule has 1 aliphatic rings. The van der Waals surface area contributed by atoms with Crippen LogP contribution in [0.5, 0.6) is 5.75 Å². The molecule has 0 unspecified atom stereocenters. The molecule has 0 amide bonds. The lowest BCUT2D eigenvalue weighted by Crippen LogP contribution is -2.35. The highest BCUT2D eigenvalue weighted by Gasteiger charge is 2.29.